The number of carbonyl (C=O) groups excluding carboxylic acids is 4. The average molecular weight is 531 g/mol. The van der Waals surface area contributed by atoms with Crippen LogP contribution in [0.4, 0.5) is 20.2 Å². The third-order valence-corrected chi connectivity index (χ3v) is 4.35. The number of carbonyl (C=O) groups is 4. The Kier molecular flexibility index (Phi) is 18.3. The van der Waals surface area contributed by atoms with E-state index in [0.29, 0.717) is 0 Å². The first-order chi connectivity index (χ1) is 17.1. The molecule has 0 aromatic heterocycles. The van der Waals surface area contributed by atoms with Crippen molar-refractivity contribution in [2.24, 2.45) is 0 Å². The molecule has 0 unspecified atom stereocenters. The SMILES string of the molecule is C=O.C=O.CC.CC(=O)O[C@H](C)CN(C[C@H](C)O)c1cc(C(=O)Nc2ccc(F)c(Cl)c2)ccc1F. The van der Waals surface area contributed by atoms with Gasteiger partial charge in [0.05, 0.1) is 23.4 Å². The van der Waals surface area contributed by atoms with E-state index < -0.39 is 35.7 Å². The van der Waals surface area contributed by atoms with Crippen molar-refractivity contribution in [2.75, 3.05) is 23.3 Å². The van der Waals surface area contributed by atoms with Gasteiger partial charge in [0.2, 0.25) is 0 Å². The number of anilines is 2. The van der Waals surface area contributed by atoms with Crippen molar-refractivity contribution < 1.29 is 37.8 Å². The van der Waals surface area contributed by atoms with E-state index in [1.54, 1.807) is 6.92 Å². The maximum atomic E-state index is 14.5. The lowest BCUT2D eigenvalue weighted by molar-refractivity contribution is -0.145. The van der Waals surface area contributed by atoms with Gasteiger partial charge in [-0.05, 0) is 50.2 Å². The molecule has 0 fully saturated rings. The summed E-state index contributed by atoms with van der Waals surface area (Å²) in [6.45, 7) is 12.6. The van der Waals surface area contributed by atoms with Gasteiger partial charge in [0.25, 0.3) is 5.91 Å². The Bertz CT molecular complexity index is 960. The monoisotopic (exact) mass is 530 g/mol. The topological polar surface area (TPSA) is 113 Å². The minimum Gasteiger partial charge on any atom is -0.461 e. The Labute approximate surface area is 215 Å². The second-order valence-electron chi connectivity index (χ2n) is 6.92. The lowest BCUT2D eigenvalue weighted by Gasteiger charge is -2.29. The van der Waals surface area contributed by atoms with Gasteiger partial charge >= 0.3 is 5.97 Å². The number of amides is 1. The Hall–Kier alpha value is -3.37. The fourth-order valence-corrected chi connectivity index (χ4v) is 3.08. The lowest BCUT2D eigenvalue weighted by atomic mass is 10.1. The first-order valence-corrected chi connectivity index (χ1v) is 11.2. The number of aliphatic hydroxyl groups is 1. The Morgan fingerprint density at radius 3 is 2.08 bits per heavy atom. The number of esters is 1. The van der Waals surface area contributed by atoms with Crippen LogP contribution in [-0.2, 0) is 19.1 Å². The molecule has 0 saturated carbocycles. The number of nitrogens with zero attached hydrogens (tertiary/aromatic N) is 1. The molecule has 2 atom stereocenters. The van der Waals surface area contributed by atoms with Gasteiger partial charge in [-0.25, -0.2) is 8.78 Å². The number of halogens is 3. The fourth-order valence-electron chi connectivity index (χ4n) is 2.89. The molecule has 36 heavy (non-hydrogen) atoms. The highest BCUT2D eigenvalue weighted by molar-refractivity contribution is 6.31. The van der Waals surface area contributed by atoms with Gasteiger partial charge in [-0.1, -0.05) is 25.4 Å². The predicted molar refractivity (Wildman–Crippen MR) is 136 cm³/mol. The van der Waals surface area contributed by atoms with Crippen LogP contribution in [0.25, 0.3) is 0 Å². The Morgan fingerprint density at radius 2 is 1.58 bits per heavy atom. The predicted octanol–water partition coefficient (Wildman–Crippen LogP) is 4.67. The molecule has 0 radical (unpaired) electrons. The highest BCUT2D eigenvalue weighted by atomic mass is 35.5. The number of nitrogens with one attached hydrogen (secondary N) is 1. The summed E-state index contributed by atoms with van der Waals surface area (Å²) in [6.07, 6.45) is -1.37. The number of ether oxygens (including phenoxy) is 1. The molecular formula is C25H33ClF2N2O6. The van der Waals surface area contributed by atoms with Crippen LogP contribution >= 0.6 is 11.6 Å². The van der Waals surface area contributed by atoms with Gasteiger partial charge in [0.15, 0.2) is 0 Å². The molecule has 200 valence electrons. The van der Waals surface area contributed by atoms with E-state index in [-0.39, 0.29) is 35.1 Å². The third-order valence-electron chi connectivity index (χ3n) is 4.06. The fraction of sp³-hybridized carbons (Fsp3) is 0.360. The molecule has 2 N–H and O–H groups in total. The Balaban J connectivity index is 0. The number of rotatable bonds is 8. The minimum absolute atomic E-state index is 0.0567. The van der Waals surface area contributed by atoms with E-state index in [2.05, 4.69) is 5.32 Å². The summed E-state index contributed by atoms with van der Waals surface area (Å²) in [6, 6.07) is 7.50. The molecule has 0 spiro atoms. The van der Waals surface area contributed by atoms with Crippen molar-refractivity contribution in [1.82, 2.24) is 0 Å². The van der Waals surface area contributed by atoms with Crippen molar-refractivity contribution in [2.45, 2.75) is 46.8 Å². The van der Waals surface area contributed by atoms with Gasteiger partial charge in [-0.2, -0.15) is 0 Å². The van der Waals surface area contributed by atoms with Crippen LogP contribution in [0.5, 0.6) is 0 Å². The van der Waals surface area contributed by atoms with Crippen molar-refractivity contribution in [1.29, 1.82) is 0 Å². The van der Waals surface area contributed by atoms with E-state index in [9.17, 15) is 23.5 Å². The summed E-state index contributed by atoms with van der Waals surface area (Å²) < 4.78 is 32.9. The molecule has 2 aromatic carbocycles. The van der Waals surface area contributed by atoms with Crippen LogP contribution in [0.2, 0.25) is 5.02 Å². The highest BCUT2D eigenvalue weighted by Gasteiger charge is 2.20. The van der Waals surface area contributed by atoms with Gasteiger partial charge in [-0.3, -0.25) is 9.59 Å². The van der Waals surface area contributed by atoms with E-state index in [1.165, 1.54) is 43.0 Å². The summed E-state index contributed by atoms with van der Waals surface area (Å²) in [5, 5.41) is 12.2. The zero-order chi connectivity index (χ0) is 28.4. The Morgan fingerprint density at radius 1 is 1.03 bits per heavy atom. The molecule has 0 heterocycles. The van der Waals surface area contributed by atoms with Crippen molar-refractivity contribution in [3.63, 3.8) is 0 Å². The highest BCUT2D eigenvalue weighted by Crippen LogP contribution is 2.24. The van der Waals surface area contributed by atoms with E-state index in [4.69, 9.17) is 25.9 Å². The lowest BCUT2D eigenvalue weighted by Crippen LogP contribution is -2.38. The smallest absolute Gasteiger partial charge is 0.302 e. The molecule has 2 rings (SSSR count). The van der Waals surface area contributed by atoms with Gasteiger partial charge in [0, 0.05) is 24.7 Å². The molecule has 11 heteroatoms. The molecule has 2 aromatic rings. The van der Waals surface area contributed by atoms with Gasteiger partial charge in [-0.15, -0.1) is 0 Å². The number of benzene rings is 2. The molecule has 1 amide bonds. The summed E-state index contributed by atoms with van der Waals surface area (Å²) in [5.74, 6) is -2.25. The van der Waals surface area contributed by atoms with E-state index in [0.717, 1.165) is 12.1 Å². The van der Waals surface area contributed by atoms with Crippen LogP contribution < -0.4 is 10.2 Å². The molecule has 0 saturated heterocycles. The van der Waals surface area contributed by atoms with E-state index in [1.807, 2.05) is 27.4 Å². The average Bonchev–Trinajstić information content (AvgIpc) is 2.84. The van der Waals surface area contributed by atoms with Crippen LogP contribution in [0.15, 0.2) is 36.4 Å². The minimum atomic E-state index is -0.798. The number of hydrogen-bond donors (Lipinski definition) is 2. The van der Waals surface area contributed by atoms with Crippen LogP contribution in [0, 0.1) is 11.6 Å². The summed E-state index contributed by atoms with van der Waals surface area (Å²) >= 11 is 5.72. The normalized spacial score (nSPS) is 11.0. The van der Waals surface area contributed by atoms with E-state index >= 15 is 0 Å². The maximum Gasteiger partial charge on any atom is 0.302 e. The molecular weight excluding hydrogens is 498 g/mol. The van der Waals surface area contributed by atoms with Crippen molar-refractivity contribution >= 4 is 48.4 Å². The van der Waals surface area contributed by atoms with Crippen LogP contribution in [0.3, 0.4) is 0 Å². The van der Waals surface area contributed by atoms with Crippen molar-refractivity contribution in [3.05, 3.63) is 58.6 Å². The number of aliphatic hydroxyl groups excluding tert-OH is 1. The summed E-state index contributed by atoms with van der Waals surface area (Å²) in [4.78, 5) is 41.3. The standard InChI is InChI=1S/C21H23ClF2N2O4.C2H6.2CH2O/c1-12(27)10-26(11-13(2)30-14(3)28)20-8-15(4-6-19(20)24)21(29)25-16-5-7-18(23)17(22)9-16;3*1-2/h4-9,12-13,27H,10-11H2,1-3H3,(H,25,29);1-2H3;2*1H2/t12-,13+;;;/m0.../s1. The maximum absolute atomic E-state index is 14.5. The second kappa shape index (κ2) is 18.9. The number of hydrogen-bond acceptors (Lipinski definition) is 7. The quantitative estimate of drug-likeness (QED) is 0.477. The molecule has 0 aliphatic rings. The zero-order valence-corrected chi connectivity index (χ0v) is 21.8. The van der Waals surface area contributed by atoms with Gasteiger partial charge in [0.1, 0.15) is 31.3 Å². The zero-order valence-electron chi connectivity index (χ0n) is 21.0. The summed E-state index contributed by atoms with van der Waals surface area (Å²) in [5.41, 5.74) is 0.490. The second-order valence-corrected chi connectivity index (χ2v) is 7.33. The molecule has 0 aliphatic heterocycles. The first kappa shape index (κ1) is 34.8. The third kappa shape index (κ3) is 12.4. The van der Waals surface area contributed by atoms with Crippen LogP contribution in [-0.4, -0.2) is 55.9 Å². The molecule has 0 aliphatic carbocycles. The molecule has 8 nitrogen and oxygen atoms in total. The summed E-state index contributed by atoms with van der Waals surface area (Å²) in [7, 11) is 0. The first-order valence-electron chi connectivity index (χ1n) is 10.8. The molecule has 0 bridgehead atoms. The van der Waals surface area contributed by atoms with Gasteiger partial charge < -0.3 is 29.6 Å². The van der Waals surface area contributed by atoms with Crippen LogP contribution in [0.1, 0.15) is 45.0 Å². The van der Waals surface area contributed by atoms with Crippen molar-refractivity contribution in [3.8, 4) is 0 Å². The largest absolute Gasteiger partial charge is 0.461 e.